The van der Waals surface area contributed by atoms with Crippen LogP contribution in [0, 0.1) is 0 Å². The first-order valence-electron chi connectivity index (χ1n) is 6.31. The number of carbonyl (C=O) groups is 2. The van der Waals surface area contributed by atoms with E-state index in [2.05, 4.69) is 15.5 Å². The number of hydrogen-bond donors (Lipinski definition) is 2. The Kier molecular flexibility index (Phi) is 4.97. The molecule has 2 rings (SSSR count). The van der Waals surface area contributed by atoms with E-state index >= 15 is 0 Å². The molecule has 1 aromatic heterocycles. The predicted octanol–water partition coefficient (Wildman–Crippen LogP) is 1.44. The van der Waals surface area contributed by atoms with Crippen LogP contribution in [-0.4, -0.2) is 36.2 Å². The zero-order valence-electron chi connectivity index (χ0n) is 12.3. The van der Waals surface area contributed by atoms with Crippen molar-refractivity contribution < 1.29 is 19.1 Å². The van der Waals surface area contributed by atoms with Crippen molar-refractivity contribution in [1.29, 1.82) is 0 Å². The average Bonchev–Trinajstić information content (AvgIpc) is 2.53. The molecule has 0 unspecified atom stereocenters. The molecular formula is C14H13ClN4O4. The minimum absolute atomic E-state index is 0.108. The van der Waals surface area contributed by atoms with Gasteiger partial charge in [-0.15, -0.1) is 10.2 Å². The Balaban J connectivity index is 2.67. The van der Waals surface area contributed by atoms with Crippen LogP contribution < -0.4 is 20.5 Å². The molecule has 0 atom stereocenters. The smallest absolute Gasteiger partial charge is 0.273 e. The average molecular weight is 337 g/mol. The van der Waals surface area contributed by atoms with Crippen LogP contribution >= 0.6 is 11.6 Å². The lowest BCUT2D eigenvalue weighted by atomic mass is 10.1. The Morgan fingerprint density at radius 1 is 1.26 bits per heavy atom. The highest BCUT2D eigenvalue weighted by molar-refractivity contribution is 6.27. The van der Waals surface area contributed by atoms with Gasteiger partial charge in [0.1, 0.15) is 11.3 Å². The number of methoxy groups -OCH3 is 2. The molecule has 0 aliphatic rings. The largest absolute Gasteiger partial charge is 0.494 e. The molecule has 0 bridgehead atoms. The molecule has 0 aliphatic heterocycles. The number of rotatable bonds is 5. The summed E-state index contributed by atoms with van der Waals surface area (Å²) in [6.45, 7) is 0. The maximum Gasteiger partial charge on any atom is 0.273 e. The number of nitrogens with one attached hydrogen (secondary N) is 1. The Morgan fingerprint density at radius 3 is 2.57 bits per heavy atom. The first-order valence-corrected chi connectivity index (χ1v) is 6.75. The van der Waals surface area contributed by atoms with Crippen LogP contribution in [0.3, 0.4) is 0 Å². The minimum atomic E-state index is -0.775. The van der Waals surface area contributed by atoms with Gasteiger partial charge in [0, 0.05) is 23.1 Å². The van der Waals surface area contributed by atoms with Crippen LogP contribution in [0.1, 0.15) is 10.5 Å². The summed E-state index contributed by atoms with van der Waals surface area (Å²) in [5, 5.41) is 10.7. The van der Waals surface area contributed by atoms with E-state index in [-0.39, 0.29) is 11.4 Å². The van der Waals surface area contributed by atoms with E-state index in [0.29, 0.717) is 22.3 Å². The number of primary amides is 1. The molecule has 120 valence electrons. The van der Waals surface area contributed by atoms with Crippen LogP contribution in [-0.2, 0) is 4.79 Å². The third kappa shape index (κ3) is 3.32. The van der Waals surface area contributed by atoms with Crippen molar-refractivity contribution in [3.63, 3.8) is 0 Å². The second-order valence-electron chi connectivity index (χ2n) is 4.30. The van der Waals surface area contributed by atoms with E-state index in [1.165, 1.54) is 14.2 Å². The summed E-state index contributed by atoms with van der Waals surface area (Å²) in [5.74, 6) is -0.706. The van der Waals surface area contributed by atoms with Crippen LogP contribution in [0.5, 0.6) is 11.5 Å². The third-order valence-electron chi connectivity index (χ3n) is 2.95. The first-order chi connectivity index (χ1) is 11.0. The number of hydrogen-bond acceptors (Lipinski definition) is 6. The van der Waals surface area contributed by atoms with Crippen LogP contribution in [0.15, 0.2) is 23.7 Å². The van der Waals surface area contributed by atoms with Crippen molar-refractivity contribution in [2.24, 2.45) is 5.73 Å². The number of nitrogens with two attached hydrogens (primary N) is 1. The molecule has 1 aromatic carbocycles. The van der Waals surface area contributed by atoms with Gasteiger partial charge in [0.15, 0.2) is 11.4 Å². The molecule has 0 fully saturated rings. The quantitative estimate of drug-likeness (QED) is 0.798. The Labute approximate surface area is 136 Å². The van der Waals surface area contributed by atoms with Gasteiger partial charge in [-0.3, -0.25) is 9.59 Å². The number of nitrogens with zero attached hydrogens (tertiary/aromatic N) is 2. The maximum absolute atomic E-state index is 11.7. The molecule has 0 radical (unpaired) electrons. The van der Waals surface area contributed by atoms with Crippen molar-refractivity contribution >= 4 is 40.0 Å². The van der Waals surface area contributed by atoms with E-state index < -0.39 is 11.8 Å². The monoisotopic (exact) mass is 336 g/mol. The number of benzene rings is 1. The zero-order chi connectivity index (χ0) is 17.0. The Morgan fingerprint density at radius 2 is 2.00 bits per heavy atom. The van der Waals surface area contributed by atoms with Gasteiger partial charge in [-0.05, 0) is 6.07 Å². The van der Waals surface area contributed by atoms with E-state index in [1.54, 1.807) is 12.1 Å². The van der Waals surface area contributed by atoms with Gasteiger partial charge < -0.3 is 20.5 Å². The van der Waals surface area contributed by atoms with Crippen LogP contribution in [0.2, 0.25) is 0 Å². The normalized spacial score (nSPS) is 10.7. The summed E-state index contributed by atoms with van der Waals surface area (Å²) in [6, 6.07) is 3.10. The predicted molar refractivity (Wildman–Crippen MR) is 84.8 cm³/mol. The number of carbonyl (C=O) groups excluding carboxylic acids is 2. The van der Waals surface area contributed by atoms with Crippen LogP contribution in [0.4, 0.5) is 5.69 Å². The van der Waals surface area contributed by atoms with Gasteiger partial charge in [-0.1, -0.05) is 11.6 Å². The lowest BCUT2D eigenvalue weighted by Crippen LogP contribution is -2.16. The van der Waals surface area contributed by atoms with Gasteiger partial charge in [0.05, 0.1) is 19.9 Å². The molecule has 0 saturated carbocycles. The topological polar surface area (TPSA) is 116 Å². The van der Waals surface area contributed by atoms with E-state index in [4.69, 9.17) is 26.8 Å². The number of anilines is 1. The standard InChI is InChI=1S/C14H13ClN4O4/c1-22-10-6-8-7(5-9(10)17-11(20)3-4-15)13(23-2)12(14(16)21)19-18-8/h3-6H,1-2H3,(H2,16,21)(H,17,20)/b4-3+. The van der Waals surface area contributed by atoms with Crippen molar-refractivity contribution in [2.45, 2.75) is 0 Å². The van der Waals surface area contributed by atoms with Gasteiger partial charge in [-0.2, -0.15) is 0 Å². The SMILES string of the molecule is COc1cc2nnc(C(N)=O)c(OC)c2cc1NC(=O)/C=C/Cl. The highest BCUT2D eigenvalue weighted by Gasteiger charge is 2.18. The molecular weight excluding hydrogens is 324 g/mol. The fourth-order valence-corrected chi connectivity index (χ4v) is 2.09. The molecule has 2 aromatic rings. The molecule has 2 amide bonds. The zero-order valence-corrected chi connectivity index (χ0v) is 13.0. The number of fused-ring (bicyclic) bond motifs is 1. The molecule has 0 aliphatic carbocycles. The second-order valence-corrected chi connectivity index (χ2v) is 4.55. The molecule has 23 heavy (non-hydrogen) atoms. The maximum atomic E-state index is 11.7. The molecule has 9 heteroatoms. The molecule has 3 N–H and O–H groups in total. The van der Waals surface area contributed by atoms with Gasteiger partial charge in [0.25, 0.3) is 5.91 Å². The summed E-state index contributed by atoms with van der Waals surface area (Å²) >= 11 is 5.37. The van der Waals surface area contributed by atoms with Crippen molar-refractivity contribution in [3.05, 3.63) is 29.4 Å². The van der Waals surface area contributed by atoms with Gasteiger partial charge >= 0.3 is 0 Å². The molecule has 1 heterocycles. The van der Waals surface area contributed by atoms with Crippen molar-refractivity contribution in [1.82, 2.24) is 10.2 Å². The summed E-state index contributed by atoms with van der Waals surface area (Å²) in [6.07, 6.45) is 1.14. The lowest BCUT2D eigenvalue weighted by Gasteiger charge is -2.13. The van der Waals surface area contributed by atoms with Crippen molar-refractivity contribution in [3.8, 4) is 11.5 Å². The molecule has 8 nitrogen and oxygen atoms in total. The number of aromatic nitrogens is 2. The number of amides is 2. The first kappa shape index (κ1) is 16.5. The van der Waals surface area contributed by atoms with Crippen LogP contribution in [0.25, 0.3) is 10.9 Å². The fourth-order valence-electron chi connectivity index (χ4n) is 1.98. The Bertz CT molecular complexity index is 807. The second kappa shape index (κ2) is 6.93. The highest BCUT2D eigenvalue weighted by atomic mass is 35.5. The van der Waals surface area contributed by atoms with Crippen molar-refractivity contribution in [2.75, 3.05) is 19.5 Å². The lowest BCUT2D eigenvalue weighted by molar-refractivity contribution is -0.111. The fraction of sp³-hybridized carbons (Fsp3) is 0.143. The van der Waals surface area contributed by atoms with E-state index in [9.17, 15) is 9.59 Å². The third-order valence-corrected chi connectivity index (χ3v) is 3.07. The molecule has 0 saturated heterocycles. The number of ether oxygens (including phenoxy) is 2. The summed E-state index contributed by atoms with van der Waals surface area (Å²) in [5.41, 5.74) is 6.99. The van der Waals surface area contributed by atoms with Gasteiger partial charge in [-0.25, -0.2) is 0 Å². The minimum Gasteiger partial charge on any atom is -0.494 e. The van der Waals surface area contributed by atoms with E-state index in [0.717, 1.165) is 11.6 Å². The summed E-state index contributed by atoms with van der Waals surface area (Å²) in [7, 11) is 2.82. The summed E-state index contributed by atoms with van der Waals surface area (Å²) in [4.78, 5) is 23.1. The summed E-state index contributed by atoms with van der Waals surface area (Å²) < 4.78 is 10.4. The van der Waals surface area contributed by atoms with E-state index in [1.807, 2.05) is 0 Å². The Hall–Kier alpha value is -2.87. The molecule has 0 spiro atoms. The van der Waals surface area contributed by atoms with Gasteiger partial charge in [0.2, 0.25) is 5.91 Å². The highest BCUT2D eigenvalue weighted by Crippen LogP contribution is 2.34. The number of halogens is 1.